The van der Waals surface area contributed by atoms with E-state index in [0.29, 0.717) is 28.3 Å². The molecule has 0 spiro atoms. The molecule has 1 atom stereocenters. The summed E-state index contributed by atoms with van der Waals surface area (Å²) < 4.78 is 16.0. The number of esters is 1. The summed E-state index contributed by atoms with van der Waals surface area (Å²) in [5.74, 6) is 0.710. The highest BCUT2D eigenvalue weighted by atomic mass is 16.5. The molecule has 1 heterocycles. The van der Waals surface area contributed by atoms with E-state index in [9.17, 15) is 9.59 Å². The maximum Gasteiger partial charge on any atom is 0.338 e. The Hall–Kier alpha value is -2.70. The quantitative estimate of drug-likeness (QED) is 0.765. The molecule has 1 aliphatic rings. The molecular weight excluding hydrogens is 324 g/mol. The summed E-state index contributed by atoms with van der Waals surface area (Å²) >= 11 is 0. The molecule has 136 valence electrons. The van der Waals surface area contributed by atoms with Crippen molar-refractivity contribution in [2.24, 2.45) is 0 Å². The van der Waals surface area contributed by atoms with Crippen molar-refractivity contribution in [2.45, 2.75) is 19.9 Å². The Balaban J connectivity index is 2.70. The lowest BCUT2D eigenvalue weighted by Gasteiger charge is -2.39. The number of rotatable bonds is 5. The van der Waals surface area contributed by atoms with Crippen LogP contribution in [0.4, 0.5) is 4.79 Å². The zero-order valence-electron chi connectivity index (χ0n) is 15.5. The molecule has 1 aliphatic heterocycles. The third-order valence-corrected chi connectivity index (χ3v) is 4.37. The number of carbonyl (C=O) groups is 2. The monoisotopic (exact) mass is 348 g/mol. The molecule has 0 saturated heterocycles. The van der Waals surface area contributed by atoms with Gasteiger partial charge in [-0.25, -0.2) is 9.59 Å². The Morgan fingerprint density at radius 3 is 2.44 bits per heavy atom. The first-order valence-electron chi connectivity index (χ1n) is 7.97. The van der Waals surface area contributed by atoms with Crippen LogP contribution in [0.5, 0.6) is 11.5 Å². The highest BCUT2D eigenvalue weighted by Crippen LogP contribution is 2.41. The van der Waals surface area contributed by atoms with Crippen molar-refractivity contribution >= 4 is 12.0 Å². The number of nitrogens with zero attached hydrogens (tertiary/aromatic N) is 2. The van der Waals surface area contributed by atoms with E-state index in [4.69, 9.17) is 14.2 Å². The summed E-state index contributed by atoms with van der Waals surface area (Å²) in [6, 6.07) is 4.43. The average Bonchev–Trinajstić information content (AvgIpc) is 2.62. The molecule has 0 aliphatic carbocycles. The van der Waals surface area contributed by atoms with E-state index in [1.807, 2.05) is 0 Å². The molecule has 0 radical (unpaired) electrons. The van der Waals surface area contributed by atoms with Crippen LogP contribution in [0.25, 0.3) is 0 Å². The molecule has 7 heteroatoms. The number of benzene rings is 1. The zero-order chi connectivity index (χ0) is 18.7. The van der Waals surface area contributed by atoms with Crippen molar-refractivity contribution < 1.29 is 23.8 Å². The van der Waals surface area contributed by atoms with Crippen LogP contribution in [-0.4, -0.2) is 56.7 Å². The second kappa shape index (κ2) is 7.46. The predicted molar refractivity (Wildman–Crippen MR) is 92.5 cm³/mol. The zero-order valence-corrected chi connectivity index (χ0v) is 15.5. The molecule has 1 aromatic carbocycles. The molecule has 7 nitrogen and oxygen atoms in total. The number of hydrogen-bond donors (Lipinski definition) is 0. The first-order valence-corrected chi connectivity index (χ1v) is 7.97. The van der Waals surface area contributed by atoms with Crippen LogP contribution in [0.2, 0.25) is 0 Å². The van der Waals surface area contributed by atoms with Gasteiger partial charge >= 0.3 is 12.0 Å². The summed E-state index contributed by atoms with van der Waals surface area (Å²) in [5, 5.41) is 0. The van der Waals surface area contributed by atoms with Crippen LogP contribution in [0.3, 0.4) is 0 Å². The molecule has 1 unspecified atom stereocenters. The lowest BCUT2D eigenvalue weighted by molar-refractivity contribution is -0.139. The van der Waals surface area contributed by atoms with Crippen LogP contribution in [-0.2, 0) is 9.53 Å². The predicted octanol–water partition coefficient (Wildman–Crippen LogP) is 2.58. The number of likely N-dealkylation sites (N-methyl/N-ethyl adjacent to an activating group) is 1. The topological polar surface area (TPSA) is 68.3 Å². The highest BCUT2D eigenvalue weighted by molar-refractivity contribution is 5.95. The minimum atomic E-state index is -0.632. The van der Waals surface area contributed by atoms with Crippen LogP contribution < -0.4 is 9.47 Å². The van der Waals surface area contributed by atoms with Crippen molar-refractivity contribution in [3.05, 3.63) is 35.0 Å². The number of methoxy groups -OCH3 is 2. The largest absolute Gasteiger partial charge is 0.497 e. The van der Waals surface area contributed by atoms with Crippen LogP contribution in [0.1, 0.15) is 25.5 Å². The number of ether oxygens (including phenoxy) is 3. The first-order chi connectivity index (χ1) is 11.9. The van der Waals surface area contributed by atoms with Crippen molar-refractivity contribution in [2.75, 3.05) is 34.9 Å². The lowest BCUT2D eigenvalue weighted by Crippen LogP contribution is -2.47. The van der Waals surface area contributed by atoms with Crippen LogP contribution >= 0.6 is 0 Å². The maximum absolute atomic E-state index is 12.6. The van der Waals surface area contributed by atoms with E-state index in [1.165, 1.54) is 9.80 Å². The normalized spacial score (nSPS) is 17.7. The summed E-state index contributed by atoms with van der Waals surface area (Å²) in [7, 11) is 6.38. The summed E-state index contributed by atoms with van der Waals surface area (Å²) in [4.78, 5) is 28.2. The van der Waals surface area contributed by atoms with Gasteiger partial charge in [-0.3, -0.25) is 0 Å². The maximum atomic E-state index is 12.6. The van der Waals surface area contributed by atoms with Gasteiger partial charge in [-0.15, -0.1) is 0 Å². The number of carbonyl (C=O) groups excluding carboxylic acids is 2. The minimum absolute atomic E-state index is 0.222. The molecule has 0 N–H and O–H groups in total. The number of allylic oxidation sites excluding steroid dienone is 1. The van der Waals surface area contributed by atoms with Crippen molar-refractivity contribution in [3.63, 3.8) is 0 Å². The van der Waals surface area contributed by atoms with E-state index >= 15 is 0 Å². The van der Waals surface area contributed by atoms with Gasteiger partial charge in [0.2, 0.25) is 0 Å². The Bertz CT molecular complexity index is 713. The number of urea groups is 1. The van der Waals surface area contributed by atoms with Crippen molar-refractivity contribution in [3.8, 4) is 11.5 Å². The second-order valence-corrected chi connectivity index (χ2v) is 5.68. The fraction of sp³-hybridized carbons (Fsp3) is 0.444. The van der Waals surface area contributed by atoms with Gasteiger partial charge in [0.1, 0.15) is 11.5 Å². The summed E-state index contributed by atoms with van der Waals surface area (Å²) in [5.41, 5.74) is 1.61. The Kier molecular flexibility index (Phi) is 5.56. The van der Waals surface area contributed by atoms with Gasteiger partial charge in [0.15, 0.2) is 0 Å². The third kappa shape index (κ3) is 3.26. The Morgan fingerprint density at radius 1 is 1.20 bits per heavy atom. The molecule has 2 rings (SSSR count). The molecular formula is C18H24N2O5. The Labute approximate surface area is 147 Å². The third-order valence-electron chi connectivity index (χ3n) is 4.37. The Morgan fingerprint density at radius 2 is 1.88 bits per heavy atom. The van der Waals surface area contributed by atoms with Gasteiger partial charge in [0, 0.05) is 25.4 Å². The number of amides is 2. The standard InChI is InChI=1S/C18H24N2O5/c1-7-25-17(21)15-11(2)19(3)18(22)20(4)16(15)13-10-12(23-5)8-9-14(13)24-6/h8-10,16H,7H2,1-6H3. The molecule has 25 heavy (non-hydrogen) atoms. The minimum Gasteiger partial charge on any atom is -0.497 e. The fourth-order valence-electron chi connectivity index (χ4n) is 2.95. The lowest BCUT2D eigenvalue weighted by atomic mass is 9.92. The van der Waals surface area contributed by atoms with E-state index in [1.54, 1.807) is 60.4 Å². The van der Waals surface area contributed by atoms with E-state index < -0.39 is 12.0 Å². The van der Waals surface area contributed by atoms with E-state index in [2.05, 4.69) is 0 Å². The van der Waals surface area contributed by atoms with Gasteiger partial charge in [0.25, 0.3) is 0 Å². The average molecular weight is 348 g/mol. The highest BCUT2D eigenvalue weighted by Gasteiger charge is 2.40. The SMILES string of the molecule is CCOC(=O)C1=C(C)N(C)C(=O)N(C)C1c1cc(OC)ccc1OC. The van der Waals surface area contributed by atoms with Gasteiger partial charge in [-0.1, -0.05) is 0 Å². The van der Waals surface area contributed by atoms with Crippen LogP contribution in [0.15, 0.2) is 29.5 Å². The number of hydrogen-bond acceptors (Lipinski definition) is 5. The first kappa shape index (κ1) is 18.6. The smallest absolute Gasteiger partial charge is 0.338 e. The molecule has 0 bridgehead atoms. The molecule has 0 aromatic heterocycles. The summed E-state index contributed by atoms with van der Waals surface area (Å²) in [6.07, 6.45) is 0. The fourth-order valence-corrected chi connectivity index (χ4v) is 2.95. The molecule has 2 amide bonds. The summed E-state index contributed by atoms with van der Waals surface area (Å²) in [6.45, 7) is 3.73. The van der Waals surface area contributed by atoms with Gasteiger partial charge in [-0.05, 0) is 32.0 Å². The molecule has 0 saturated carbocycles. The van der Waals surface area contributed by atoms with Gasteiger partial charge in [0.05, 0.1) is 32.4 Å². The van der Waals surface area contributed by atoms with Crippen molar-refractivity contribution in [1.29, 1.82) is 0 Å². The van der Waals surface area contributed by atoms with Crippen LogP contribution in [0, 0.1) is 0 Å². The van der Waals surface area contributed by atoms with Gasteiger partial charge in [-0.2, -0.15) is 0 Å². The molecule has 1 aromatic rings. The van der Waals surface area contributed by atoms with E-state index in [0.717, 1.165) is 0 Å². The molecule has 0 fully saturated rings. The second-order valence-electron chi connectivity index (χ2n) is 5.68. The van der Waals surface area contributed by atoms with E-state index in [-0.39, 0.29) is 12.6 Å². The van der Waals surface area contributed by atoms with Gasteiger partial charge < -0.3 is 24.0 Å². The van der Waals surface area contributed by atoms with Crippen molar-refractivity contribution in [1.82, 2.24) is 9.80 Å².